The van der Waals surface area contributed by atoms with Gasteiger partial charge in [0.05, 0.1) is 5.56 Å². The van der Waals surface area contributed by atoms with Crippen molar-refractivity contribution in [1.82, 2.24) is 10.2 Å². The maximum absolute atomic E-state index is 12.6. The quantitative estimate of drug-likeness (QED) is 0.911. The number of piperidine rings is 1. The number of nitrogens with one attached hydrogen (secondary N) is 1. The van der Waals surface area contributed by atoms with Gasteiger partial charge >= 0.3 is 6.18 Å². The van der Waals surface area contributed by atoms with E-state index in [-0.39, 0.29) is 17.5 Å². The van der Waals surface area contributed by atoms with E-state index < -0.39 is 17.6 Å². The van der Waals surface area contributed by atoms with Gasteiger partial charge in [-0.25, -0.2) is 0 Å². The minimum atomic E-state index is -4.47. The van der Waals surface area contributed by atoms with Crippen LogP contribution in [0.1, 0.15) is 35.7 Å². The third kappa shape index (κ3) is 3.99. The van der Waals surface area contributed by atoms with E-state index in [2.05, 4.69) is 5.32 Å². The Kier molecular flexibility index (Phi) is 4.73. The normalized spacial score (nSPS) is 16.5. The Hall–Kier alpha value is -2.05. The molecule has 2 amide bonds. The predicted molar refractivity (Wildman–Crippen MR) is 74.2 cm³/mol. The Balaban J connectivity index is 1.97. The van der Waals surface area contributed by atoms with Crippen molar-refractivity contribution in [2.75, 3.05) is 13.1 Å². The number of halogens is 3. The van der Waals surface area contributed by atoms with Gasteiger partial charge in [0, 0.05) is 31.6 Å². The fourth-order valence-corrected chi connectivity index (χ4v) is 2.44. The van der Waals surface area contributed by atoms with Crippen LogP contribution in [0.5, 0.6) is 0 Å². The fourth-order valence-electron chi connectivity index (χ4n) is 2.44. The van der Waals surface area contributed by atoms with E-state index in [1.165, 1.54) is 19.1 Å². The van der Waals surface area contributed by atoms with Crippen molar-refractivity contribution in [2.24, 2.45) is 0 Å². The van der Waals surface area contributed by atoms with Gasteiger partial charge in [-0.1, -0.05) is 6.07 Å². The molecule has 1 aromatic rings. The van der Waals surface area contributed by atoms with Gasteiger partial charge in [-0.05, 0) is 31.0 Å². The third-order valence-electron chi connectivity index (χ3n) is 3.73. The van der Waals surface area contributed by atoms with Crippen molar-refractivity contribution in [2.45, 2.75) is 32.0 Å². The van der Waals surface area contributed by atoms with Crippen LogP contribution in [0.2, 0.25) is 0 Å². The molecule has 1 aliphatic rings. The summed E-state index contributed by atoms with van der Waals surface area (Å²) in [7, 11) is 0. The predicted octanol–water partition coefficient (Wildman–Crippen LogP) is 2.45. The second kappa shape index (κ2) is 6.37. The van der Waals surface area contributed by atoms with Crippen molar-refractivity contribution in [3.8, 4) is 0 Å². The first-order chi connectivity index (χ1) is 10.3. The van der Waals surface area contributed by atoms with E-state index >= 15 is 0 Å². The van der Waals surface area contributed by atoms with E-state index in [4.69, 9.17) is 0 Å². The highest BCUT2D eigenvalue weighted by atomic mass is 19.4. The van der Waals surface area contributed by atoms with Gasteiger partial charge in [-0.2, -0.15) is 13.2 Å². The number of hydrogen-bond donors (Lipinski definition) is 1. The van der Waals surface area contributed by atoms with Crippen LogP contribution in [0, 0.1) is 0 Å². The van der Waals surface area contributed by atoms with Gasteiger partial charge in [0.25, 0.3) is 5.91 Å². The van der Waals surface area contributed by atoms with Crippen LogP contribution < -0.4 is 5.32 Å². The molecule has 0 bridgehead atoms. The summed E-state index contributed by atoms with van der Waals surface area (Å²) in [5.74, 6) is -0.532. The zero-order valence-electron chi connectivity index (χ0n) is 12.1. The van der Waals surface area contributed by atoms with Crippen LogP contribution in [0.3, 0.4) is 0 Å². The molecule has 0 unspecified atom stereocenters. The summed E-state index contributed by atoms with van der Waals surface area (Å²) in [5.41, 5.74) is -0.852. The molecule has 1 aromatic carbocycles. The average Bonchev–Trinajstić information content (AvgIpc) is 2.47. The Morgan fingerprint density at radius 3 is 2.41 bits per heavy atom. The lowest BCUT2D eigenvalue weighted by molar-refractivity contribution is -0.137. The van der Waals surface area contributed by atoms with Crippen LogP contribution in [0.4, 0.5) is 13.2 Å². The standard InChI is InChI=1S/C15H17F3N2O2/c1-10(21)20-7-5-13(6-8-20)19-14(22)11-3-2-4-12(9-11)15(16,17)18/h2-4,9,13H,5-8H2,1H3,(H,19,22). The molecule has 4 nitrogen and oxygen atoms in total. The zero-order valence-corrected chi connectivity index (χ0v) is 12.1. The molecule has 1 aliphatic heterocycles. The van der Waals surface area contributed by atoms with E-state index in [0.717, 1.165) is 12.1 Å². The van der Waals surface area contributed by atoms with E-state index in [1.54, 1.807) is 4.90 Å². The number of carbonyl (C=O) groups excluding carboxylic acids is 2. The molecule has 1 N–H and O–H groups in total. The SMILES string of the molecule is CC(=O)N1CCC(NC(=O)c2cccc(C(F)(F)F)c2)CC1. The van der Waals surface area contributed by atoms with Gasteiger partial charge in [0.2, 0.25) is 5.91 Å². The molecular weight excluding hydrogens is 297 g/mol. The van der Waals surface area contributed by atoms with Crippen LogP contribution in [-0.4, -0.2) is 35.8 Å². The second-order valence-electron chi connectivity index (χ2n) is 5.33. The summed E-state index contributed by atoms with van der Waals surface area (Å²) < 4.78 is 37.9. The van der Waals surface area contributed by atoms with Crippen molar-refractivity contribution < 1.29 is 22.8 Å². The first kappa shape index (κ1) is 16.3. The largest absolute Gasteiger partial charge is 0.416 e. The molecule has 120 valence electrons. The molecule has 7 heteroatoms. The van der Waals surface area contributed by atoms with Crippen molar-refractivity contribution >= 4 is 11.8 Å². The van der Waals surface area contributed by atoms with E-state index in [9.17, 15) is 22.8 Å². The Bertz CT molecular complexity index is 564. The fraction of sp³-hybridized carbons (Fsp3) is 0.467. The first-order valence-electron chi connectivity index (χ1n) is 7.01. The van der Waals surface area contributed by atoms with Crippen molar-refractivity contribution in [1.29, 1.82) is 0 Å². The van der Waals surface area contributed by atoms with Gasteiger partial charge in [-0.15, -0.1) is 0 Å². The summed E-state index contributed by atoms with van der Waals surface area (Å²) in [6.45, 7) is 2.58. The molecule has 2 rings (SSSR count). The molecule has 1 saturated heterocycles. The molecule has 0 aromatic heterocycles. The number of amides is 2. The number of hydrogen-bond acceptors (Lipinski definition) is 2. The Labute approximate surface area is 126 Å². The smallest absolute Gasteiger partial charge is 0.349 e. The number of rotatable bonds is 2. The highest BCUT2D eigenvalue weighted by Crippen LogP contribution is 2.29. The van der Waals surface area contributed by atoms with Crippen LogP contribution in [-0.2, 0) is 11.0 Å². The average molecular weight is 314 g/mol. The Morgan fingerprint density at radius 2 is 1.86 bits per heavy atom. The maximum Gasteiger partial charge on any atom is 0.416 e. The number of likely N-dealkylation sites (tertiary alicyclic amines) is 1. The summed E-state index contributed by atoms with van der Waals surface area (Å²) >= 11 is 0. The maximum atomic E-state index is 12.6. The molecule has 0 spiro atoms. The lowest BCUT2D eigenvalue weighted by Gasteiger charge is -2.31. The minimum absolute atomic E-state index is 0.0103. The van der Waals surface area contributed by atoms with E-state index in [1.807, 2.05) is 0 Å². The molecule has 0 radical (unpaired) electrons. The van der Waals surface area contributed by atoms with Crippen LogP contribution >= 0.6 is 0 Å². The van der Waals surface area contributed by atoms with Gasteiger partial charge in [0.1, 0.15) is 0 Å². The molecule has 0 aliphatic carbocycles. The highest BCUT2D eigenvalue weighted by Gasteiger charge is 2.31. The molecule has 1 heterocycles. The van der Waals surface area contributed by atoms with E-state index in [0.29, 0.717) is 25.9 Å². The summed E-state index contributed by atoms with van der Waals surface area (Å²) in [6, 6.07) is 4.23. The number of alkyl halides is 3. The lowest BCUT2D eigenvalue weighted by Crippen LogP contribution is -2.46. The van der Waals surface area contributed by atoms with Crippen molar-refractivity contribution in [3.05, 3.63) is 35.4 Å². The highest BCUT2D eigenvalue weighted by molar-refractivity contribution is 5.94. The number of benzene rings is 1. The first-order valence-corrected chi connectivity index (χ1v) is 7.01. The summed E-state index contributed by atoms with van der Waals surface area (Å²) in [5, 5.41) is 2.73. The Morgan fingerprint density at radius 1 is 1.23 bits per heavy atom. The summed E-state index contributed by atoms with van der Waals surface area (Å²) in [6.07, 6.45) is -3.27. The van der Waals surface area contributed by atoms with Gasteiger partial charge in [0.15, 0.2) is 0 Å². The number of carbonyl (C=O) groups is 2. The van der Waals surface area contributed by atoms with Crippen LogP contribution in [0.15, 0.2) is 24.3 Å². The zero-order chi connectivity index (χ0) is 16.3. The monoisotopic (exact) mass is 314 g/mol. The lowest BCUT2D eigenvalue weighted by atomic mass is 10.0. The van der Waals surface area contributed by atoms with Crippen molar-refractivity contribution in [3.63, 3.8) is 0 Å². The van der Waals surface area contributed by atoms with Gasteiger partial charge in [-0.3, -0.25) is 9.59 Å². The molecule has 0 atom stereocenters. The van der Waals surface area contributed by atoms with Crippen LogP contribution in [0.25, 0.3) is 0 Å². The van der Waals surface area contributed by atoms with Gasteiger partial charge < -0.3 is 10.2 Å². The number of nitrogens with zero attached hydrogens (tertiary/aromatic N) is 1. The molecule has 0 saturated carbocycles. The molecule has 1 fully saturated rings. The summed E-state index contributed by atoms with van der Waals surface area (Å²) in [4.78, 5) is 24.9. The molecule has 22 heavy (non-hydrogen) atoms. The minimum Gasteiger partial charge on any atom is -0.349 e. The third-order valence-corrected chi connectivity index (χ3v) is 3.73. The molecular formula is C15H17F3N2O2. The topological polar surface area (TPSA) is 49.4 Å². The second-order valence-corrected chi connectivity index (χ2v) is 5.33.